The van der Waals surface area contributed by atoms with Crippen LogP contribution in [0.4, 0.5) is 0 Å². The Balaban J connectivity index is 2.35. The van der Waals surface area contributed by atoms with Crippen molar-refractivity contribution in [1.29, 1.82) is 0 Å². The van der Waals surface area contributed by atoms with E-state index in [2.05, 4.69) is 25.7 Å². The average molecular weight is 198 g/mol. The van der Waals surface area contributed by atoms with Crippen LogP contribution < -0.4 is 5.73 Å². The Kier molecular flexibility index (Phi) is 4.90. The fourth-order valence-corrected chi connectivity index (χ4v) is 2.01. The summed E-state index contributed by atoms with van der Waals surface area (Å²) in [5, 5.41) is 0. The molecule has 0 aromatic carbocycles. The highest BCUT2D eigenvalue weighted by Crippen LogP contribution is 2.28. The van der Waals surface area contributed by atoms with E-state index in [1.807, 2.05) is 0 Å². The molecule has 2 N–H and O–H groups in total. The lowest BCUT2D eigenvalue weighted by atomic mass is 9.95. The first kappa shape index (κ1) is 12.0. The van der Waals surface area contributed by atoms with Crippen LogP contribution in [-0.2, 0) is 0 Å². The van der Waals surface area contributed by atoms with E-state index in [0.29, 0.717) is 5.92 Å². The zero-order valence-electron chi connectivity index (χ0n) is 10.00. The molecule has 0 heterocycles. The minimum Gasteiger partial charge on any atom is -0.330 e. The molecule has 84 valence electrons. The van der Waals surface area contributed by atoms with Gasteiger partial charge in [-0.05, 0) is 44.2 Å². The van der Waals surface area contributed by atoms with Gasteiger partial charge in [0.2, 0.25) is 0 Å². The van der Waals surface area contributed by atoms with E-state index in [0.717, 1.165) is 18.5 Å². The monoisotopic (exact) mass is 198 g/mol. The minimum absolute atomic E-state index is 0.683. The van der Waals surface area contributed by atoms with Crippen molar-refractivity contribution < 1.29 is 0 Å². The van der Waals surface area contributed by atoms with E-state index >= 15 is 0 Å². The first-order chi connectivity index (χ1) is 6.69. The zero-order chi connectivity index (χ0) is 10.6. The Morgan fingerprint density at radius 1 is 1.36 bits per heavy atom. The smallest absolute Gasteiger partial charge is 0.00965 e. The van der Waals surface area contributed by atoms with E-state index in [1.54, 1.807) is 0 Å². The number of rotatable bonds is 7. The van der Waals surface area contributed by atoms with Gasteiger partial charge >= 0.3 is 0 Å². The molecule has 0 bridgehead atoms. The maximum absolute atomic E-state index is 5.81. The highest BCUT2D eigenvalue weighted by atomic mass is 15.2. The van der Waals surface area contributed by atoms with Crippen LogP contribution >= 0.6 is 0 Å². The molecule has 0 aromatic rings. The summed E-state index contributed by atoms with van der Waals surface area (Å²) in [6, 6.07) is 0.891. The topological polar surface area (TPSA) is 29.3 Å². The van der Waals surface area contributed by atoms with Crippen LogP contribution in [0.5, 0.6) is 0 Å². The molecular weight excluding hydrogens is 172 g/mol. The average Bonchev–Trinajstić information content (AvgIpc) is 2.94. The van der Waals surface area contributed by atoms with Crippen molar-refractivity contribution in [2.75, 3.05) is 19.6 Å². The fraction of sp³-hybridized carbons (Fsp3) is 1.00. The van der Waals surface area contributed by atoms with E-state index < -0.39 is 0 Å². The van der Waals surface area contributed by atoms with Crippen molar-refractivity contribution in [3.8, 4) is 0 Å². The summed E-state index contributed by atoms with van der Waals surface area (Å²) in [6.07, 6.45) is 4.09. The number of hydrogen-bond acceptors (Lipinski definition) is 2. The van der Waals surface area contributed by atoms with E-state index in [1.165, 1.54) is 32.4 Å². The van der Waals surface area contributed by atoms with Gasteiger partial charge in [0, 0.05) is 12.6 Å². The molecule has 1 fully saturated rings. The normalized spacial score (nSPS) is 19.3. The predicted molar refractivity (Wildman–Crippen MR) is 62.3 cm³/mol. The highest BCUT2D eigenvalue weighted by Gasteiger charge is 2.30. The van der Waals surface area contributed by atoms with Crippen molar-refractivity contribution in [2.45, 2.75) is 46.1 Å². The first-order valence-corrected chi connectivity index (χ1v) is 6.13. The van der Waals surface area contributed by atoms with Gasteiger partial charge in [-0.2, -0.15) is 0 Å². The Morgan fingerprint density at radius 2 is 2.00 bits per heavy atom. The van der Waals surface area contributed by atoms with Crippen molar-refractivity contribution in [1.82, 2.24) is 4.90 Å². The maximum atomic E-state index is 5.81. The van der Waals surface area contributed by atoms with Gasteiger partial charge in [0.1, 0.15) is 0 Å². The van der Waals surface area contributed by atoms with Gasteiger partial charge in [-0.25, -0.2) is 0 Å². The standard InChI is InChI=1S/C12H26N2/c1-4-7-14(12-5-6-12)9-11(8-13)10(2)3/h10-12H,4-9,13H2,1-3H3. The molecule has 2 heteroatoms. The second-order valence-corrected chi connectivity index (χ2v) is 4.97. The number of hydrogen-bond donors (Lipinski definition) is 1. The molecule has 0 saturated heterocycles. The molecule has 1 atom stereocenters. The molecule has 0 amide bonds. The molecule has 0 aliphatic heterocycles. The second kappa shape index (κ2) is 5.72. The van der Waals surface area contributed by atoms with Crippen LogP contribution in [0.1, 0.15) is 40.0 Å². The van der Waals surface area contributed by atoms with E-state index in [-0.39, 0.29) is 0 Å². The van der Waals surface area contributed by atoms with E-state index in [4.69, 9.17) is 5.73 Å². The Labute approximate surface area is 88.8 Å². The molecule has 1 rings (SSSR count). The van der Waals surface area contributed by atoms with Crippen LogP contribution in [-0.4, -0.2) is 30.6 Å². The highest BCUT2D eigenvalue weighted by molar-refractivity contribution is 4.86. The number of nitrogens with zero attached hydrogens (tertiary/aromatic N) is 1. The van der Waals surface area contributed by atoms with Crippen molar-refractivity contribution in [3.63, 3.8) is 0 Å². The van der Waals surface area contributed by atoms with Crippen molar-refractivity contribution >= 4 is 0 Å². The molecule has 14 heavy (non-hydrogen) atoms. The van der Waals surface area contributed by atoms with Gasteiger partial charge in [-0.3, -0.25) is 0 Å². The van der Waals surface area contributed by atoms with Crippen LogP contribution in [0.15, 0.2) is 0 Å². The van der Waals surface area contributed by atoms with Gasteiger partial charge in [0.15, 0.2) is 0 Å². The summed E-state index contributed by atoms with van der Waals surface area (Å²) in [5.41, 5.74) is 5.81. The quantitative estimate of drug-likeness (QED) is 0.679. The van der Waals surface area contributed by atoms with Crippen LogP contribution in [0.2, 0.25) is 0 Å². The van der Waals surface area contributed by atoms with Crippen molar-refractivity contribution in [2.24, 2.45) is 17.6 Å². The van der Waals surface area contributed by atoms with Crippen LogP contribution in [0.25, 0.3) is 0 Å². The summed E-state index contributed by atoms with van der Waals surface area (Å²) < 4.78 is 0. The molecule has 1 aliphatic carbocycles. The third kappa shape index (κ3) is 3.58. The molecule has 0 aromatic heterocycles. The molecule has 2 nitrogen and oxygen atoms in total. The van der Waals surface area contributed by atoms with E-state index in [9.17, 15) is 0 Å². The molecule has 1 unspecified atom stereocenters. The lowest BCUT2D eigenvalue weighted by molar-refractivity contribution is 0.197. The summed E-state index contributed by atoms with van der Waals surface area (Å²) in [6.45, 7) is 10.1. The SMILES string of the molecule is CCCN(CC(CN)C(C)C)C1CC1. The summed E-state index contributed by atoms with van der Waals surface area (Å²) in [5.74, 6) is 1.40. The van der Waals surface area contributed by atoms with Gasteiger partial charge in [0.25, 0.3) is 0 Å². The summed E-state index contributed by atoms with van der Waals surface area (Å²) >= 11 is 0. The summed E-state index contributed by atoms with van der Waals surface area (Å²) in [7, 11) is 0. The third-order valence-corrected chi connectivity index (χ3v) is 3.29. The Morgan fingerprint density at radius 3 is 2.36 bits per heavy atom. The molecule has 0 spiro atoms. The van der Waals surface area contributed by atoms with Crippen LogP contribution in [0, 0.1) is 11.8 Å². The first-order valence-electron chi connectivity index (χ1n) is 6.13. The third-order valence-electron chi connectivity index (χ3n) is 3.29. The second-order valence-electron chi connectivity index (χ2n) is 4.97. The Bertz CT molecular complexity index is 152. The van der Waals surface area contributed by atoms with Gasteiger partial charge < -0.3 is 10.6 Å². The van der Waals surface area contributed by atoms with Gasteiger partial charge in [0.05, 0.1) is 0 Å². The number of nitrogens with two attached hydrogens (primary N) is 1. The predicted octanol–water partition coefficient (Wildman–Crippen LogP) is 2.09. The summed E-state index contributed by atoms with van der Waals surface area (Å²) in [4.78, 5) is 2.65. The minimum atomic E-state index is 0.683. The lowest BCUT2D eigenvalue weighted by Gasteiger charge is -2.28. The molecular formula is C12H26N2. The van der Waals surface area contributed by atoms with Crippen LogP contribution in [0.3, 0.4) is 0 Å². The lowest BCUT2D eigenvalue weighted by Crippen LogP contribution is -2.37. The molecule has 0 radical (unpaired) electrons. The van der Waals surface area contributed by atoms with Crippen molar-refractivity contribution in [3.05, 3.63) is 0 Å². The molecule has 1 aliphatic rings. The van der Waals surface area contributed by atoms with Gasteiger partial charge in [-0.15, -0.1) is 0 Å². The van der Waals surface area contributed by atoms with Gasteiger partial charge in [-0.1, -0.05) is 20.8 Å². The Hall–Kier alpha value is -0.0800. The zero-order valence-corrected chi connectivity index (χ0v) is 10.00. The fourth-order valence-electron chi connectivity index (χ4n) is 2.01. The molecule has 1 saturated carbocycles. The maximum Gasteiger partial charge on any atom is 0.00965 e. The largest absolute Gasteiger partial charge is 0.330 e.